The summed E-state index contributed by atoms with van der Waals surface area (Å²) in [5.41, 5.74) is 0. The Kier molecular flexibility index (Phi) is 5.95. The summed E-state index contributed by atoms with van der Waals surface area (Å²) < 4.78 is 4.41. The van der Waals surface area contributed by atoms with Crippen LogP contribution in [0.4, 0.5) is 0 Å². The van der Waals surface area contributed by atoms with Gasteiger partial charge in [0, 0.05) is 19.4 Å². The lowest BCUT2D eigenvalue weighted by Gasteiger charge is -2.18. The van der Waals surface area contributed by atoms with E-state index in [-0.39, 0.29) is 25.3 Å². The van der Waals surface area contributed by atoms with Gasteiger partial charge < -0.3 is 20.1 Å². The van der Waals surface area contributed by atoms with Crippen molar-refractivity contribution >= 4 is 23.8 Å². The number of amides is 2. The van der Waals surface area contributed by atoms with Gasteiger partial charge in [0.25, 0.3) is 0 Å². The summed E-state index contributed by atoms with van der Waals surface area (Å²) in [7, 11) is 1.20. The average molecular weight is 286 g/mol. The number of hydrogen-bond donors (Lipinski definition) is 2. The van der Waals surface area contributed by atoms with Gasteiger partial charge in [0.1, 0.15) is 6.04 Å². The molecule has 0 spiro atoms. The van der Waals surface area contributed by atoms with Gasteiger partial charge in [-0.05, 0) is 12.8 Å². The zero-order valence-corrected chi connectivity index (χ0v) is 11.3. The molecule has 8 nitrogen and oxygen atoms in total. The molecule has 0 aromatic heterocycles. The van der Waals surface area contributed by atoms with Crippen LogP contribution in [0.25, 0.3) is 0 Å². The van der Waals surface area contributed by atoms with Crippen LogP contribution in [0.1, 0.15) is 25.7 Å². The summed E-state index contributed by atoms with van der Waals surface area (Å²) in [5.74, 6) is -2.42. The first-order valence-electron chi connectivity index (χ1n) is 6.30. The number of carboxylic acid groups (broad SMARTS) is 1. The van der Waals surface area contributed by atoms with Crippen molar-refractivity contribution in [3.8, 4) is 0 Å². The molecule has 0 unspecified atom stereocenters. The molecule has 1 fully saturated rings. The molecule has 2 amide bonds. The summed E-state index contributed by atoms with van der Waals surface area (Å²) in [4.78, 5) is 46.4. The first-order chi connectivity index (χ1) is 9.43. The number of carbonyl (C=O) groups excluding carboxylic acids is 3. The van der Waals surface area contributed by atoms with Gasteiger partial charge in [-0.1, -0.05) is 0 Å². The minimum absolute atomic E-state index is 0.0539. The van der Waals surface area contributed by atoms with E-state index in [1.54, 1.807) is 0 Å². The predicted octanol–water partition coefficient (Wildman–Crippen LogP) is -0.869. The largest absolute Gasteiger partial charge is 0.480 e. The van der Waals surface area contributed by atoms with E-state index < -0.39 is 23.9 Å². The zero-order chi connectivity index (χ0) is 15.1. The van der Waals surface area contributed by atoms with E-state index in [0.29, 0.717) is 19.4 Å². The van der Waals surface area contributed by atoms with Gasteiger partial charge >= 0.3 is 11.9 Å². The number of esters is 1. The number of ether oxygens (including phenoxy) is 1. The van der Waals surface area contributed by atoms with Gasteiger partial charge in [0.15, 0.2) is 0 Å². The number of rotatable bonds is 7. The van der Waals surface area contributed by atoms with Crippen molar-refractivity contribution in [2.75, 3.05) is 20.2 Å². The fourth-order valence-corrected chi connectivity index (χ4v) is 1.91. The fraction of sp³-hybridized carbons (Fsp3) is 0.667. The molecule has 0 saturated carbocycles. The lowest BCUT2D eigenvalue weighted by molar-refractivity contribution is -0.144. The molecular weight excluding hydrogens is 268 g/mol. The van der Waals surface area contributed by atoms with Gasteiger partial charge in [-0.25, -0.2) is 4.79 Å². The number of carboxylic acids is 1. The van der Waals surface area contributed by atoms with Crippen LogP contribution in [0.2, 0.25) is 0 Å². The maximum Gasteiger partial charge on any atom is 0.326 e. The molecule has 1 atom stereocenters. The van der Waals surface area contributed by atoms with E-state index in [1.807, 2.05) is 0 Å². The van der Waals surface area contributed by atoms with Crippen molar-refractivity contribution in [3.05, 3.63) is 0 Å². The van der Waals surface area contributed by atoms with E-state index in [4.69, 9.17) is 5.11 Å². The summed E-state index contributed by atoms with van der Waals surface area (Å²) >= 11 is 0. The maximum absolute atomic E-state index is 11.7. The highest BCUT2D eigenvalue weighted by Gasteiger charge is 2.25. The highest BCUT2D eigenvalue weighted by molar-refractivity contribution is 5.88. The second-order valence-corrected chi connectivity index (χ2v) is 4.49. The second-order valence-electron chi connectivity index (χ2n) is 4.49. The van der Waals surface area contributed by atoms with Crippen LogP contribution < -0.4 is 5.32 Å². The summed E-state index contributed by atoms with van der Waals surface area (Å²) in [6, 6.07) is -1.17. The number of nitrogens with zero attached hydrogens (tertiary/aromatic N) is 1. The SMILES string of the molecule is COC(=O)CC[C@@H](NC(=O)CN1CCCC1=O)C(=O)O. The van der Waals surface area contributed by atoms with Crippen molar-refractivity contribution in [3.63, 3.8) is 0 Å². The molecule has 1 saturated heterocycles. The minimum Gasteiger partial charge on any atom is -0.480 e. The summed E-state index contributed by atoms with van der Waals surface area (Å²) in [6.07, 6.45) is 0.965. The minimum atomic E-state index is -1.23. The van der Waals surface area contributed by atoms with Crippen LogP contribution >= 0.6 is 0 Å². The highest BCUT2D eigenvalue weighted by atomic mass is 16.5. The van der Waals surface area contributed by atoms with E-state index in [1.165, 1.54) is 12.0 Å². The van der Waals surface area contributed by atoms with Crippen LogP contribution in [0.5, 0.6) is 0 Å². The highest BCUT2D eigenvalue weighted by Crippen LogP contribution is 2.08. The Morgan fingerprint density at radius 3 is 2.65 bits per heavy atom. The molecule has 0 aliphatic carbocycles. The third kappa shape index (κ3) is 4.87. The third-order valence-electron chi connectivity index (χ3n) is 3.00. The first-order valence-corrected chi connectivity index (χ1v) is 6.30. The molecule has 1 heterocycles. The smallest absolute Gasteiger partial charge is 0.326 e. The van der Waals surface area contributed by atoms with Gasteiger partial charge in [0.2, 0.25) is 11.8 Å². The normalized spacial score (nSPS) is 15.8. The molecule has 20 heavy (non-hydrogen) atoms. The zero-order valence-electron chi connectivity index (χ0n) is 11.3. The van der Waals surface area contributed by atoms with Crippen LogP contribution in [-0.4, -0.2) is 60.0 Å². The van der Waals surface area contributed by atoms with E-state index in [9.17, 15) is 19.2 Å². The van der Waals surface area contributed by atoms with Crippen LogP contribution in [0.15, 0.2) is 0 Å². The Balaban J connectivity index is 2.44. The number of carbonyl (C=O) groups is 4. The Hall–Kier alpha value is -2.12. The van der Waals surface area contributed by atoms with Gasteiger partial charge in [-0.15, -0.1) is 0 Å². The predicted molar refractivity (Wildman–Crippen MR) is 66.6 cm³/mol. The molecule has 1 aliphatic rings. The van der Waals surface area contributed by atoms with Crippen molar-refractivity contribution < 1.29 is 29.0 Å². The third-order valence-corrected chi connectivity index (χ3v) is 3.00. The molecule has 2 N–H and O–H groups in total. The number of aliphatic carboxylic acids is 1. The van der Waals surface area contributed by atoms with E-state index >= 15 is 0 Å². The molecular formula is C12H18N2O6. The summed E-state index contributed by atoms with van der Waals surface area (Å²) in [5, 5.41) is 11.3. The first kappa shape index (κ1) is 15.9. The van der Waals surface area contributed by atoms with Crippen LogP contribution in [0, 0.1) is 0 Å². The molecule has 112 valence electrons. The lowest BCUT2D eigenvalue weighted by Crippen LogP contribution is -2.46. The van der Waals surface area contributed by atoms with Crippen LogP contribution in [-0.2, 0) is 23.9 Å². The van der Waals surface area contributed by atoms with Gasteiger partial charge in [-0.2, -0.15) is 0 Å². The topological polar surface area (TPSA) is 113 Å². The van der Waals surface area contributed by atoms with Crippen molar-refractivity contribution in [2.45, 2.75) is 31.7 Å². The van der Waals surface area contributed by atoms with E-state index in [0.717, 1.165) is 0 Å². The second kappa shape index (κ2) is 7.46. The maximum atomic E-state index is 11.7. The molecule has 0 bridgehead atoms. The standard InChI is InChI=1S/C12H18N2O6/c1-20-11(17)5-4-8(12(18)19)13-9(15)7-14-6-2-3-10(14)16/h8H,2-7H2,1H3,(H,13,15)(H,18,19)/t8-/m1/s1. The van der Waals surface area contributed by atoms with Gasteiger partial charge in [0.05, 0.1) is 13.7 Å². The number of nitrogens with one attached hydrogen (secondary N) is 1. The van der Waals surface area contributed by atoms with Crippen molar-refractivity contribution in [2.24, 2.45) is 0 Å². The Labute approximate surface area is 116 Å². The van der Waals surface area contributed by atoms with Crippen molar-refractivity contribution in [1.82, 2.24) is 10.2 Å². The number of likely N-dealkylation sites (tertiary alicyclic amines) is 1. The summed E-state index contributed by atoms with van der Waals surface area (Å²) in [6.45, 7) is 0.354. The quantitative estimate of drug-likeness (QED) is 0.588. The molecule has 0 radical (unpaired) electrons. The molecule has 1 rings (SSSR count). The molecule has 8 heteroatoms. The number of hydrogen-bond acceptors (Lipinski definition) is 5. The van der Waals surface area contributed by atoms with Crippen molar-refractivity contribution in [1.29, 1.82) is 0 Å². The molecule has 0 aromatic carbocycles. The Morgan fingerprint density at radius 1 is 1.45 bits per heavy atom. The van der Waals surface area contributed by atoms with E-state index in [2.05, 4.69) is 10.1 Å². The lowest BCUT2D eigenvalue weighted by atomic mass is 10.1. The Morgan fingerprint density at radius 2 is 2.15 bits per heavy atom. The average Bonchev–Trinajstić information content (AvgIpc) is 2.79. The molecule has 0 aromatic rings. The monoisotopic (exact) mass is 286 g/mol. The van der Waals surface area contributed by atoms with Crippen LogP contribution in [0.3, 0.4) is 0 Å². The molecule has 1 aliphatic heterocycles. The fourth-order valence-electron chi connectivity index (χ4n) is 1.91. The van der Waals surface area contributed by atoms with Gasteiger partial charge in [-0.3, -0.25) is 14.4 Å². The Bertz CT molecular complexity index is 409. The number of methoxy groups -OCH3 is 1.